The van der Waals surface area contributed by atoms with E-state index in [2.05, 4.69) is 4.74 Å². The van der Waals surface area contributed by atoms with Crippen LogP contribution in [-0.4, -0.2) is 24.9 Å². The van der Waals surface area contributed by atoms with Gasteiger partial charge in [0.2, 0.25) is 5.78 Å². The fraction of sp³-hybridized carbons (Fsp3) is 0.600. The minimum atomic E-state index is -0.819. The molecule has 2 N–H and O–H groups in total. The fourth-order valence-electron chi connectivity index (χ4n) is 0.253. The van der Waals surface area contributed by atoms with E-state index >= 15 is 0 Å². The number of hydrogen-bond acceptors (Lipinski definition) is 4. The molecule has 52 valence electrons. The average molecular weight is 131 g/mol. The molecule has 0 amide bonds. The standard InChI is InChI=1S/C5H9NO3/c1-4(7)5(8)9-3-2-6/h2-3,6H2,1H3. The first kappa shape index (κ1) is 8.10. The zero-order valence-corrected chi connectivity index (χ0v) is 5.22. The Bertz CT molecular complexity index is 121. The molecule has 0 atom stereocenters. The van der Waals surface area contributed by atoms with Gasteiger partial charge in [0.05, 0.1) is 0 Å². The van der Waals surface area contributed by atoms with E-state index in [4.69, 9.17) is 5.73 Å². The molecule has 4 nitrogen and oxygen atoms in total. The Morgan fingerprint density at radius 2 is 2.11 bits per heavy atom. The van der Waals surface area contributed by atoms with Crippen molar-refractivity contribution in [2.24, 2.45) is 5.73 Å². The highest BCUT2D eigenvalue weighted by molar-refractivity contribution is 6.32. The normalized spacial score (nSPS) is 8.67. The highest BCUT2D eigenvalue weighted by Crippen LogP contribution is 1.77. The molecule has 0 aromatic carbocycles. The second-order valence-electron chi connectivity index (χ2n) is 1.48. The molecule has 0 aliphatic rings. The van der Waals surface area contributed by atoms with Crippen LogP contribution in [0.1, 0.15) is 6.92 Å². The van der Waals surface area contributed by atoms with E-state index in [1.54, 1.807) is 0 Å². The van der Waals surface area contributed by atoms with Gasteiger partial charge in [-0.05, 0) is 0 Å². The second kappa shape index (κ2) is 4.03. The summed E-state index contributed by atoms with van der Waals surface area (Å²) in [4.78, 5) is 20.4. The minimum Gasteiger partial charge on any atom is -0.459 e. The fourth-order valence-corrected chi connectivity index (χ4v) is 0.253. The molecule has 0 heterocycles. The van der Waals surface area contributed by atoms with E-state index in [-0.39, 0.29) is 13.2 Å². The minimum absolute atomic E-state index is 0.110. The predicted molar refractivity (Wildman–Crippen MR) is 30.7 cm³/mol. The van der Waals surface area contributed by atoms with E-state index in [0.717, 1.165) is 6.92 Å². The summed E-state index contributed by atoms with van der Waals surface area (Å²) >= 11 is 0. The second-order valence-corrected chi connectivity index (χ2v) is 1.48. The molecule has 0 bridgehead atoms. The molecule has 4 heteroatoms. The van der Waals surface area contributed by atoms with Crippen LogP contribution in [0.15, 0.2) is 0 Å². The number of carbonyl (C=O) groups excluding carboxylic acids is 2. The van der Waals surface area contributed by atoms with E-state index in [1.165, 1.54) is 0 Å². The number of ether oxygens (including phenoxy) is 1. The van der Waals surface area contributed by atoms with E-state index < -0.39 is 11.8 Å². The summed E-state index contributed by atoms with van der Waals surface area (Å²) in [5, 5.41) is 0. The van der Waals surface area contributed by atoms with Gasteiger partial charge in [-0.25, -0.2) is 4.79 Å². The maximum absolute atomic E-state index is 10.3. The van der Waals surface area contributed by atoms with Crippen molar-refractivity contribution < 1.29 is 14.3 Å². The van der Waals surface area contributed by atoms with Crippen molar-refractivity contribution in [2.75, 3.05) is 13.2 Å². The SMILES string of the molecule is CC(=O)C(=O)OCCN. The van der Waals surface area contributed by atoms with Crippen molar-refractivity contribution in [3.63, 3.8) is 0 Å². The number of esters is 1. The Morgan fingerprint density at radius 1 is 1.56 bits per heavy atom. The van der Waals surface area contributed by atoms with Gasteiger partial charge in [-0.3, -0.25) is 4.79 Å². The summed E-state index contributed by atoms with van der Waals surface area (Å²) < 4.78 is 4.34. The Hall–Kier alpha value is -0.900. The summed E-state index contributed by atoms with van der Waals surface area (Å²) in [6.45, 7) is 1.51. The van der Waals surface area contributed by atoms with Gasteiger partial charge in [0.25, 0.3) is 0 Å². The van der Waals surface area contributed by atoms with Crippen LogP contribution in [0, 0.1) is 0 Å². The number of rotatable bonds is 3. The Labute approximate surface area is 53.0 Å². The van der Waals surface area contributed by atoms with Crippen molar-refractivity contribution in [3.8, 4) is 0 Å². The maximum atomic E-state index is 10.3. The number of ketones is 1. The van der Waals surface area contributed by atoms with Crippen LogP contribution in [0.25, 0.3) is 0 Å². The summed E-state index contributed by atoms with van der Waals surface area (Å²) in [5.41, 5.74) is 4.99. The lowest BCUT2D eigenvalue weighted by molar-refractivity contribution is -0.152. The molecular weight excluding hydrogens is 122 g/mol. The lowest BCUT2D eigenvalue weighted by Gasteiger charge is -1.96. The smallest absolute Gasteiger partial charge is 0.374 e. The monoisotopic (exact) mass is 131 g/mol. The van der Waals surface area contributed by atoms with Crippen molar-refractivity contribution in [2.45, 2.75) is 6.92 Å². The van der Waals surface area contributed by atoms with Crippen molar-refractivity contribution in [3.05, 3.63) is 0 Å². The Balaban J connectivity index is 3.39. The van der Waals surface area contributed by atoms with Crippen LogP contribution < -0.4 is 5.73 Å². The first-order valence-corrected chi connectivity index (χ1v) is 2.56. The summed E-state index contributed by atoms with van der Waals surface area (Å²) in [5.74, 6) is -1.41. The molecule has 0 aliphatic carbocycles. The molecule has 0 radical (unpaired) electrons. The van der Waals surface area contributed by atoms with Crippen LogP contribution in [0.4, 0.5) is 0 Å². The lowest BCUT2D eigenvalue weighted by Crippen LogP contribution is -2.18. The lowest BCUT2D eigenvalue weighted by atomic mass is 10.5. The molecule has 0 aliphatic heterocycles. The molecule has 0 spiro atoms. The topological polar surface area (TPSA) is 69.4 Å². The Morgan fingerprint density at radius 3 is 2.44 bits per heavy atom. The first-order chi connectivity index (χ1) is 4.18. The van der Waals surface area contributed by atoms with Crippen LogP contribution in [0.2, 0.25) is 0 Å². The van der Waals surface area contributed by atoms with Gasteiger partial charge in [-0.2, -0.15) is 0 Å². The molecule has 0 aromatic rings. The van der Waals surface area contributed by atoms with Gasteiger partial charge in [0.15, 0.2) is 0 Å². The summed E-state index contributed by atoms with van der Waals surface area (Å²) in [6, 6.07) is 0. The third-order valence-electron chi connectivity index (χ3n) is 0.638. The van der Waals surface area contributed by atoms with Crippen molar-refractivity contribution >= 4 is 11.8 Å². The van der Waals surface area contributed by atoms with Crippen LogP contribution >= 0.6 is 0 Å². The van der Waals surface area contributed by atoms with Gasteiger partial charge in [0.1, 0.15) is 6.61 Å². The van der Waals surface area contributed by atoms with Gasteiger partial charge >= 0.3 is 5.97 Å². The zero-order chi connectivity index (χ0) is 7.28. The summed E-state index contributed by atoms with van der Waals surface area (Å²) in [6.07, 6.45) is 0. The quantitative estimate of drug-likeness (QED) is 0.397. The molecule has 0 saturated heterocycles. The highest BCUT2D eigenvalue weighted by Gasteiger charge is 2.06. The van der Waals surface area contributed by atoms with E-state index in [9.17, 15) is 9.59 Å². The molecule has 0 aromatic heterocycles. The largest absolute Gasteiger partial charge is 0.459 e. The van der Waals surface area contributed by atoms with Gasteiger partial charge in [0, 0.05) is 13.5 Å². The number of Topliss-reactive ketones (excluding diaryl/α,β-unsaturated/α-hetero) is 1. The van der Waals surface area contributed by atoms with Crippen LogP contribution in [-0.2, 0) is 14.3 Å². The Kier molecular flexibility index (Phi) is 3.62. The average Bonchev–Trinajstić information content (AvgIpc) is 1.82. The third kappa shape index (κ3) is 3.66. The highest BCUT2D eigenvalue weighted by atomic mass is 16.5. The molecule has 0 unspecified atom stereocenters. The molecule has 0 rings (SSSR count). The van der Waals surface area contributed by atoms with Crippen LogP contribution in [0.3, 0.4) is 0 Å². The van der Waals surface area contributed by atoms with Crippen molar-refractivity contribution in [1.82, 2.24) is 0 Å². The van der Waals surface area contributed by atoms with Gasteiger partial charge in [-0.1, -0.05) is 0 Å². The van der Waals surface area contributed by atoms with E-state index in [1.807, 2.05) is 0 Å². The molecule has 0 fully saturated rings. The molecule has 0 saturated carbocycles. The van der Waals surface area contributed by atoms with Gasteiger partial charge < -0.3 is 10.5 Å². The van der Waals surface area contributed by atoms with Gasteiger partial charge in [-0.15, -0.1) is 0 Å². The first-order valence-electron chi connectivity index (χ1n) is 2.56. The van der Waals surface area contributed by atoms with E-state index in [0.29, 0.717) is 0 Å². The number of carbonyl (C=O) groups is 2. The van der Waals surface area contributed by atoms with Crippen molar-refractivity contribution in [1.29, 1.82) is 0 Å². The number of nitrogens with two attached hydrogens (primary N) is 1. The number of hydrogen-bond donors (Lipinski definition) is 1. The zero-order valence-electron chi connectivity index (χ0n) is 5.22. The third-order valence-corrected chi connectivity index (χ3v) is 0.638. The predicted octanol–water partition coefficient (Wildman–Crippen LogP) is -0.923. The maximum Gasteiger partial charge on any atom is 0.374 e. The molecule has 9 heavy (non-hydrogen) atoms. The summed E-state index contributed by atoms with van der Waals surface area (Å²) in [7, 11) is 0. The van der Waals surface area contributed by atoms with Crippen LogP contribution in [0.5, 0.6) is 0 Å². The molecular formula is C5H9NO3.